The topological polar surface area (TPSA) is 123 Å². The van der Waals surface area contributed by atoms with Gasteiger partial charge in [0.05, 0.1) is 18.4 Å². The lowest BCUT2D eigenvalue weighted by Crippen LogP contribution is -2.17. The fourth-order valence-corrected chi connectivity index (χ4v) is 1.65. The van der Waals surface area contributed by atoms with Crippen molar-refractivity contribution in [3.05, 3.63) is 24.0 Å². The van der Waals surface area contributed by atoms with Crippen LogP contribution in [-0.4, -0.2) is 26.0 Å². The van der Waals surface area contributed by atoms with Crippen LogP contribution in [0.15, 0.2) is 23.2 Å². The van der Waals surface area contributed by atoms with E-state index in [1.54, 1.807) is 13.0 Å². The number of esters is 1. The summed E-state index contributed by atoms with van der Waals surface area (Å²) >= 11 is 0. The van der Waals surface area contributed by atoms with Crippen LogP contribution in [0, 0.1) is 11.3 Å². The predicted octanol–water partition coefficient (Wildman–Crippen LogP) is -0.101. The average Bonchev–Trinajstić information content (AvgIpc) is 2.30. The van der Waals surface area contributed by atoms with E-state index in [1.165, 1.54) is 12.1 Å². The van der Waals surface area contributed by atoms with Crippen molar-refractivity contribution in [3.63, 3.8) is 0 Å². The first-order valence-corrected chi connectivity index (χ1v) is 6.49. The fraction of sp³-hybridized carbons (Fsp3) is 0.300. The van der Waals surface area contributed by atoms with Gasteiger partial charge in [0, 0.05) is 6.20 Å². The minimum Gasteiger partial charge on any atom is -0.465 e. The van der Waals surface area contributed by atoms with Gasteiger partial charge in [0.1, 0.15) is 4.90 Å². The van der Waals surface area contributed by atoms with Gasteiger partial charge < -0.3 is 4.74 Å². The first-order valence-electron chi connectivity index (χ1n) is 4.95. The number of pyridine rings is 1. The summed E-state index contributed by atoms with van der Waals surface area (Å²) < 4.78 is 26.7. The summed E-state index contributed by atoms with van der Waals surface area (Å²) in [5, 5.41) is 13.8. The van der Waals surface area contributed by atoms with E-state index in [0.29, 0.717) is 0 Å². The lowest BCUT2D eigenvalue weighted by atomic mass is 10.1. The highest BCUT2D eigenvalue weighted by Gasteiger charge is 2.23. The van der Waals surface area contributed by atoms with Gasteiger partial charge in [-0.25, -0.2) is 13.6 Å². The molecular weight excluding hydrogens is 258 g/mol. The molecule has 1 unspecified atom stereocenters. The largest absolute Gasteiger partial charge is 0.465 e. The van der Waals surface area contributed by atoms with Crippen LogP contribution in [-0.2, 0) is 19.6 Å². The summed E-state index contributed by atoms with van der Waals surface area (Å²) in [4.78, 5) is 15.0. The quantitative estimate of drug-likeness (QED) is 0.761. The highest BCUT2D eigenvalue weighted by molar-refractivity contribution is 7.89. The van der Waals surface area contributed by atoms with E-state index in [-0.39, 0.29) is 17.2 Å². The van der Waals surface area contributed by atoms with Crippen molar-refractivity contribution in [2.45, 2.75) is 17.7 Å². The van der Waals surface area contributed by atoms with E-state index in [4.69, 9.17) is 15.1 Å². The van der Waals surface area contributed by atoms with Gasteiger partial charge in [0.2, 0.25) is 10.0 Å². The number of ether oxygens (including phenoxy) is 1. The van der Waals surface area contributed by atoms with E-state index in [1.807, 2.05) is 0 Å². The van der Waals surface area contributed by atoms with Crippen LogP contribution in [0.25, 0.3) is 0 Å². The summed E-state index contributed by atoms with van der Waals surface area (Å²) in [6.45, 7) is 1.76. The van der Waals surface area contributed by atoms with Crippen LogP contribution in [0.2, 0.25) is 0 Å². The van der Waals surface area contributed by atoms with Crippen molar-refractivity contribution in [1.82, 2.24) is 4.98 Å². The highest BCUT2D eigenvalue weighted by Crippen LogP contribution is 2.16. The van der Waals surface area contributed by atoms with Gasteiger partial charge in [-0.1, -0.05) is 0 Å². The first-order chi connectivity index (χ1) is 8.40. The molecule has 2 N–H and O–H groups in total. The molecule has 0 aliphatic rings. The van der Waals surface area contributed by atoms with Crippen molar-refractivity contribution in [3.8, 4) is 6.07 Å². The molecule has 1 rings (SSSR count). The molecule has 18 heavy (non-hydrogen) atoms. The van der Waals surface area contributed by atoms with E-state index in [9.17, 15) is 13.2 Å². The zero-order valence-corrected chi connectivity index (χ0v) is 10.3. The summed E-state index contributed by atoms with van der Waals surface area (Å²) in [5.74, 6) is -1.91. The number of nitriles is 1. The van der Waals surface area contributed by atoms with E-state index in [0.717, 1.165) is 6.20 Å². The van der Waals surface area contributed by atoms with Crippen LogP contribution >= 0.6 is 0 Å². The van der Waals surface area contributed by atoms with E-state index >= 15 is 0 Å². The highest BCUT2D eigenvalue weighted by atomic mass is 32.2. The molecule has 0 aliphatic heterocycles. The predicted molar refractivity (Wildman–Crippen MR) is 60.6 cm³/mol. The number of aromatic nitrogens is 1. The van der Waals surface area contributed by atoms with Gasteiger partial charge in [-0.15, -0.1) is 0 Å². The normalized spacial score (nSPS) is 12.5. The zero-order valence-electron chi connectivity index (χ0n) is 9.53. The first kappa shape index (κ1) is 14.1. The Kier molecular flexibility index (Phi) is 4.36. The van der Waals surface area contributed by atoms with Crippen molar-refractivity contribution in [2.75, 3.05) is 6.61 Å². The third-order valence-electron chi connectivity index (χ3n) is 2.03. The molecule has 0 aromatic carbocycles. The number of hydrogen-bond donors (Lipinski definition) is 1. The molecule has 1 aromatic rings. The molecule has 1 heterocycles. The molecule has 0 amide bonds. The number of hydrogen-bond acceptors (Lipinski definition) is 6. The Balaban J connectivity index is 3.04. The number of carbonyl (C=O) groups excluding carboxylic acids is 1. The Hall–Kier alpha value is -1.98. The van der Waals surface area contributed by atoms with E-state index < -0.39 is 21.9 Å². The molecule has 1 atom stereocenters. The standard InChI is InChI=1S/C10H11N3O4S/c1-2-17-10(14)8(5-11)9-4-3-7(6-13-9)18(12,15)16/h3-4,6,8H,2H2,1H3,(H2,12,15,16). The maximum Gasteiger partial charge on any atom is 0.329 e. The third kappa shape index (κ3) is 3.26. The van der Waals surface area contributed by atoms with Crippen molar-refractivity contribution in [2.24, 2.45) is 5.14 Å². The lowest BCUT2D eigenvalue weighted by molar-refractivity contribution is -0.143. The van der Waals surface area contributed by atoms with Crippen LogP contribution in [0.4, 0.5) is 0 Å². The van der Waals surface area contributed by atoms with Gasteiger partial charge in [0.15, 0.2) is 5.92 Å². The molecule has 0 bridgehead atoms. The Morgan fingerprint density at radius 3 is 2.67 bits per heavy atom. The van der Waals surface area contributed by atoms with Crippen molar-refractivity contribution in [1.29, 1.82) is 5.26 Å². The molecule has 0 saturated heterocycles. The average molecular weight is 269 g/mol. The Bertz CT molecular complexity index is 574. The van der Waals surface area contributed by atoms with Crippen LogP contribution in [0.3, 0.4) is 0 Å². The maximum absolute atomic E-state index is 11.4. The molecule has 0 saturated carbocycles. The number of nitrogens with zero attached hydrogens (tertiary/aromatic N) is 2. The van der Waals surface area contributed by atoms with Gasteiger partial charge in [-0.05, 0) is 19.1 Å². The fourth-order valence-electron chi connectivity index (χ4n) is 1.20. The number of carbonyl (C=O) groups is 1. The molecule has 7 nitrogen and oxygen atoms in total. The van der Waals surface area contributed by atoms with Crippen LogP contribution < -0.4 is 5.14 Å². The zero-order chi connectivity index (χ0) is 13.8. The smallest absolute Gasteiger partial charge is 0.329 e. The minimum atomic E-state index is -3.84. The lowest BCUT2D eigenvalue weighted by Gasteiger charge is -2.07. The maximum atomic E-state index is 11.4. The summed E-state index contributed by atoms with van der Waals surface area (Å²) in [6, 6.07) is 4.18. The summed E-state index contributed by atoms with van der Waals surface area (Å²) in [6.07, 6.45) is 0.994. The van der Waals surface area contributed by atoms with Crippen molar-refractivity contribution >= 4 is 16.0 Å². The van der Waals surface area contributed by atoms with Crippen molar-refractivity contribution < 1.29 is 17.9 Å². The van der Waals surface area contributed by atoms with Crippen LogP contribution in [0.5, 0.6) is 0 Å². The second kappa shape index (κ2) is 5.57. The Labute approximate surface area is 104 Å². The Morgan fingerprint density at radius 2 is 2.28 bits per heavy atom. The van der Waals surface area contributed by atoms with Crippen LogP contribution in [0.1, 0.15) is 18.5 Å². The van der Waals surface area contributed by atoms with Gasteiger partial charge in [-0.3, -0.25) is 9.78 Å². The summed E-state index contributed by atoms with van der Waals surface area (Å²) in [7, 11) is -3.84. The molecular formula is C10H11N3O4S. The van der Waals surface area contributed by atoms with Gasteiger partial charge in [0.25, 0.3) is 0 Å². The van der Waals surface area contributed by atoms with E-state index in [2.05, 4.69) is 4.98 Å². The SMILES string of the molecule is CCOC(=O)C(C#N)c1ccc(S(N)(=O)=O)cn1. The molecule has 0 fully saturated rings. The van der Waals surface area contributed by atoms with Gasteiger partial charge in [-0.2, -0.15) is 5.26 Å². The van der Waals surface area contributed by atoms with Gasteiger partial charge >= 0.3 is 5.97 Å². The second-order valence-corrected chi connectivity index (χ2v) is 4.84. The Morgan fingerprint density at radius 1 is 1.61 bits per heavy atom. The molecule has 1 aromatic heterocycles. The summed E-state index contributed by atoms with van der Waals surface area (Å²) in [5.41, 5.74) is 0.114. The molecule has 96 valence electrons. The molecule has 0 radical (unpaired) electrons. The minimum absolute atomic E-state index is 0.114. The second-order valence-electron chi connectivity index (χ2n) is 3.28. The number of sulfonamides is 1. The number of nitrogens with two attached hydrogens (primary N) is 1. The third-order valence-corrected chi connectivity index (χ3v) is 2.93. The molecule has 0 spiro atoms. The monoisotopic (exact) mass is 269 g/mol. The molecule has 8 heteroatoms. The number of primary sulfonamides is 1. The number of rotatable bonds is 4. The molecule has 0 aliphatic carbocycles.